The number of para-hydroxylation sites is 1. The summed E-state index contributed by atoms with van der Waals surface area (Å²) < 4.78 is 6.55. The third-order valence-corrected chi connectivity index (χ3v) is 13.9. The van der Waals surface area contributed by atoms with Crippen LogP contribution in [0, 0.1) is 0 Å². The Morgan fingerprint density at radius 2 is 0.900 bits per heavy atom. The quantitative estimate of drug-likeness (QED) is 0.177. The second kappa shape index (κ2) is 12.1. The van der Waals surface area contributed by atoms with E-state index in [-0.39, 0.29) is 5.41 Å². The Labute approximate surface area is 349 Å². The van der Waals surface area contributed by atoms with Crippen molar-refractivity contribution < 1.29 is 4.42 Å². The fraction of sp³-hybridized carbons (Fsp3) is 0.0690. The fourth-order valence-electron chi connectivity index (χ4n) is 11.3. The highest BCUT2D eigenvalue weighted by Gasteiger charge is 2.52. The van der Waals surface area contributed by atoms with Crippen LogP contribution in [0.25, 0.3) is 66.4 Å². The monoisotopic (exact) mass is 765 g/mol. The molecule has 0 amide bonds. The molecule has 2 nitrogen and oxygen atoms in total. The number of furan rings is 1. The molecule has 0 atom stereocenters. The minimum absolute atomic E-state index is 0.0631. The molecule has 0 fully saturated rings. The molecule has 1 spiro atoms. The van der Waals surface area contributed by atoms with Crippen LogP contribution in [0.2, 0.25) is 0 Å². The lowest BCUT2D eigenvalue weighted by atomic mass is 9.70. The first kappa shape index (κ1) is 33.5. The van der Waals surface area contributed by atoms with Gasteiger partial charge in [-0.1, -0.05) is 172 Å². The van der Waals surface area contributed by atoms with Gasteiger partial charge in [0.1, 0.15) is 11.2 Å². The third-order valence-electron chi connectivity index (χ3n) is 13.9. The van der Waals surface area contributed by atoms with Crippen molar-refractivity contribution in [3.63, 3.8) is 0 Å². The molecule has 1 heterocycles. The van der Waals surface area contributed by atoms with Crippen LogP contribution < -0.4 is 4.90 Å². The zero-order valence-electron chi connectivity index (χ0n) is 33.4. The Kier molecular flexibility index (Phi) is 6.74. The SMILES string of the molecule is CC1(C)c2ccccc2-c2ccc(-c3ccc(N(c4cccc5c4-c4ccccc4C54c5ccccc5-c5ccccc54)c4cccc5oc6ccccc6c45)cc3)cc21. The number of rotatable bonds is 4. The third kappa shape index (κ3) is 4.27. The van der Waals surface area contributed by atoms with Gasteiger partial charge < -0.3 is 9.32 Å². The molecule has 0 saturated carbocycles. The van der Waals surface area contributed by atoms with Gasteiger partial charge in [-0.25, -0.2) is 0 Å². The van der Waals surface area contributed by atoms with Gasteiger partial charge >= 0.3 is 0 Å². The van der Waals surface area contributed by atoms with Crippen LogP contribution in [-0.4, -0.2) is 0 Å². The van der Waals surface area contributed by atoms with Crippen LogP contribution in [0.4, 0.5) is 17.1 Å². The molecule has 0 unspecified atom stereocenters. The van der Waals surface area contributed by atoms with Crippen molar-refractivity contribution in [2.75, 3.05) is 4.90 Å². The normalized spacial score (nSPS) is 14.4. The van der Waals surface area contributed by atoms with Gasteiger partial charge in [0, 0.05) is 22.1 Å². The van der Waals surface area contributed by atoms with Gasteiger partial charge in [-0.3, -0.25) is 0 Å². The van der Waals surface area contributed by atoms with E-state index >= 15 is 0 Å². The molecule has 282 valence electrons. The molecule has 2 heteroatoms. The maximum absolute atomic E-state index is 6.55. The topological polar surface area (TPSA) is 16.4 Å². The molecule has 0 radical (unpaired) electrons. The maximum atomic E-state index is 6.55. The Morgan fingerprint density at radius 1 is 0.383 bits per heavy atom. The van der Waals surface area contributed by atoms with E-state index in [1.165, 1.54) is 77.9 Å². The molecule has 3 aliphatic carbocycles. The summed E-state index contributed by atoms with van der Waals surface area (Å²) in [6.07, 6.45) is 0. The maximum Gasteiger partial charge on any atom is 0.137 e. The zero-order valence-corrected chi connectivity index (χ0v) is 33.4. The lowest BCUT2D eigenvalue weighted by Gasteiger charge is -2.32. The Morgan fingerprint density at radius 3 is 1.63 bits per heavy atom. The lowest BCUT2D eigenvalue weighted by molar-refractivity contribution is 0.660. The van der Waals surface area contributed by atoms with Gasteiger partial charge in [0.25, 0.3) is 0 Å². The van der Waals surface area contributed by atoms with Gasteiger partial charge in [0.15, 0.2) is 0 Å². The van der Waals surface area contributed by atoms with Crippen molar-refractivity contribution >= 4 is 39.0 Å². The van der Waals surface area contributed by atoms with E-state index in [1.54, 1.807) is 0 Å². The Bertz CT molecular complexity index is 3370. The number of hydrogen-bond donors (Lipinski definition) is 0. The standard InChI is InChI=1S/C58H39NO/c1-57(2)45-20-8-3-15-39(45)42-34-31-37(35-50(42)57)36-29-32-38(33-30-36)59(52-26-14-28-54-56(52)44-19-7-12-27-53(44)60-54)51-25-13-24-49-55(51)43-18-6-11-23-48(43)58(49)46-21-9-4-16-40(46)41-17-5-10-22-47(41)58/h3-35H,1-2H3. The summed E-state index contributed by atoms with van der Waals surface area (Å²) in [6.45, 7) is 4.71. The van der Waals surface area contributed by atoms with Gasteiger partial charge in [-0.15, -0.1) is 0 Å². The lowest BCUT2D eigenvalue weighted by Crippen LogP contribution is -2.26. The molecule has 60 heavy (non-hydrogen) atoms. The fourth-order valence-corrected chi connectivity index (χ4v) is 11.3. The molecule has 9 aromatic carbocycles. The van der Waals surface area contributed by atoms with E-state index in [9.17, 15) is 0 Å². The second-order valence-corrected chi connectivity index (χ2v) is 17.1. The molecular weight excluding hydrogens is 727 g/mol. The molecule has 0 N–H and O–H groups in total. The minimum Gasteiger partial charge on any atom is -0.456 e. The van der Waals surface area contributed by atoms with Crippen molar-refractivity contribution in [2.45, 2.75) is 24.7 Å². The highest BCUT2D eigenvalue weighted by molar-refractivity contribution is 6.14. The summed E-state index contributed by atoms with van der Waals surface area (Å²) in [5, 5.41) is 2.21. The van der Waals surface area contributed by atoms with Crippen molar-refractivity contribution in [2.24, 2.45) is 0 Å². The number of anilines is 3. The average molecular weight is 766 g/mol. The highest BCUT2D eigenvalue weighted by atomic mass is 16.3. The zero-order chi connectivity index (χ0) is 39.7. The largest absolute Gasteiger partial charge is 0.456 e. The molecule has 1 aromatic heterocycles. The van der Waals surface area contributed by atoms with E-state index in [4.69, 9.17) is 4.42 Å². The number of nitrogens with zero attached hydrogens (tertiary/aromatic N) is 1. The van der Waals surface area contributed by atoms with Crippen molar-refractivity contribution in [3.8, 4) is 44.5 Å². The minimum atomic E-state index is -0.444. The van der Waals surface area contributed by atoms with E-state index < -0.39 is 5.41 Å². The summed E-state index contributed by atoms with van der Waals surface area (Å²) in [5.74, 6) is 0. The van der Waals surface area contributed by atoms with E-state index in [0.717, 1.165) is 39.0 Å². The van der Waals surface area contributed by atoms with Crippen molar-refractivity contribution in [3.05, 3.63) is 234 Å². The Hall–Kier alpha value is -7.42. The predicted molar refractivity (Wildman–Crippen MR) is 248 cm³/mol. The first-order valence-corrected chi connectivity index (χ1v) is 21.0. The summed E-state index contributed by atoms with van der Waals surface area (Å²) in [6, 6.07) is 74.1. The van der Waals surface area contributed by atoms with E-state index in [2.05, 4.69) is 219 Å². The van der Waals surface area contributed by atoms with Gasteiger partial charge in [0.2, 0.25) is 0 Å². The van der Waals surface area contributed by atoms with E-state index in [0.29, 0.717) is 0 Å². The first-order valence-electron chi connectivity index (χ1n) is 21.0. The summed E-state index contributed by atoms with van der Waals surface area (Å²) in [4.78, 5) is 2.48. The molecule has 0 aliphatic heterocycles. The van der Waals surface area contributed by atoms with Crippen LogP contribution in [-0.2, 0) is 10.8 Å². The molecule has 0 saturated heterocycles. The van der Waals surface area contributed by atoms with Crippen LogP contribution in [0.5, 0.6) is 0 Å². The highest BCUT2D eigenvalue weighted by Crippen LogP contribution is 2.65. The van der Waals surface area contributed by atoms with Crippen molar-refractivity contribution in [1.82, 2.24) is 0 Å². The van der Waals surface area contributed by atoms with Gasteiger partial charge in [-0.2, -0.15) is 0 Å². The predicted octanol–water partition coefficient (Wildman–Crippen LogP) is 15.4. The van der Waals surface area contributed by atoms with Crippen LogP contribution in [0.1, 0.15) is 47.2 Å². The number of fused-ring (bicyclic) bond motifs is 16. The van der Waals surface area contributed by atoms with Crippen molar-refractivity contribution in [1.29, 1.82) is 0 Å². The van der Waals surface area contributed by atoms with Crippen LogP contribution in [0.3, 0.4) is 0 Å². The van der Waals surface area contributed by atoms with E-state index in [1.807, 2.05) is 0 Å². The molecular formula is C58H39NO. The molecule has 3 aliphatic rings. The summed E-state index contributed by atoms with van der Waals surface area (Å²) in [7, 11) is 0. The smallest absolute Gasteiger partial charge is 0.137 e. The number of hydrogen-bond acceptors (Lipinski definition) is 2. The average Bonchev–Trinajstić information content (AvgIpc) is 4.00. The van der Waals surface area contributed by atoms with Gasteiger partial charge in [-0.05, 0) is 115 Å². The van der Waals surface area contributed by atoms with Crippen LogP contribution in [0.15, 0.2) is 205 Å². The summed E-state index contributed by atoms with van der Waals surface area (Å²) in [5.41, 5.74) is 22.9. The Balaban J connectivity index is 1.05. The molecule has 0 bridgehead atoms. The number of benzene rings is 9. The van der Waals surface area contributed by atoms with Crippen LogP contribution >= 0.6 is 0 Å². The molecule has 13 rings (SSSR count). The second-order valence-electron chi connectivity index (χ2n) is 17.1. The van der Waals surface area contributed by atoms with Gasteiger partial charge in [0.05, 0.1) is 22.2 Å². The first-order chi connectivity index (χ1) is 29.5. The molecule has 10 aromatic rings. The summed E-state index contributed by atoms with van der Waals surface area (Å²) >= 11 is 0.